The van der Waals surface area contributed by atoms with E-state index in [9.17, 15) is 9.59 Å². The van der Waals surface area contributed by atoms with Crippen LogP contribution in [0.4, 0.5) is 0 Å². The summed E-state index contributed by atoms with van der Waals surface area (Å²) < 4.78 is 0. The Hall–Kier alpha value is -1.89. The van der Waals surface area contributed by atoms with Crippen molar-refractivity contribution in [2.45, 2.75) is 19.9 Å². The first kappa shape index (κ1) is 21.2. The fourth-order valence-electron chi connectivity index (χ4n) is 2.32. The van der Waals surface area contributed by atoms with Crippen LogP contribution in [-0.4, -0.2) is 36.3 Å². The zero-order chi connectivity index (χ0) is 17.4. The molecule has 1 aromatic carbocycles. The number of nitrogens with two attached hydrogens (primary N) is 1. The molecule has 0 aliphatic rings. The average molecular weight is 382 g/mol. The quantitative estimate of drug-likeness (QED) is 0.735. The van der Waals surface area contributed by atoms with E-state index in [2.05, 4.69) is 11.4 Å². The number of thiophene rings is 1. The molecule has 0 aliphatic heterocycles. The molecule has 2 amide bonds. The maximum Gasteiger partial charge on any atom is 0.242 e. The molecule has 0 aliphatic carbocycles. The molecule has 7 heteroatoms. The number of aryl methyl sites for hydroxylation is 1. The highest BCUT2D eigenvalue weighted by Crippen LogP contribution is 2.17. The summed E-state index contributed by atoms with van der Waals surface area (Å²) in [6.45, 7) is 3.09. The van der Waals surface area contributed by atoms with E-state index in [1.165, 1.54) is 10.4 Å². The third kappa shape index (κ3) is 7.25. The summed E-state index contributed by atoms with van der Waals surface area (Å²) in [5, 5.41) is 2.55. The van der Waals surface area contributed by atoms with Crippen LogP contribution in [-0.2, 0) is 22.6 Å². The summed E-state index contributed by atoms with van der Waals surface area (Å²) in [5.74, 6) is -0.419. The minimum absolute atomic E-state index is 0. The topological polar surface area (TPSA) is 75.4 Å². The van der Waals surface area contributed by atoms with Gasteiger partial charge in [-0.15, -0.1) is 23.7 Å². The minimum atomic E-state index is -0.321. The number of benzene rings is 1. The molecule has 136 valence electrons. The maximum absolute atomic E-state index is 12.5. The van der Waals surface area contributed by atoms with Crippen molar-refractivity contribution >= 4 is 35.6 Å². The van der Waals surface area contributed by atoms with Crippen molar-refractivity contribution in [2.75, 3.05) is 19.6 Å². The molecule has 0 saturated carbocycles. The lowest BCUT2D eigenvalue weighted by molar-refractivity contribution is -0.133. The number of hydrogen-bond donors (Lipinski definition) is 2. The monoisotopic (exact) mass is 381 g/mol. The predicted molar refractivity (Wildman–Crippen MR) is 104 cm³/mol. The van der Waals surface area contributed by atoms with Gasteiger partial charge in [-0.25, -0.2) is 0 Å². The first-order valence-corrected chi connectivity index (χ1v) is 8.74. The Morgan fingerprint density at radius 3 is 2.48 bits per heavy atom. The normalized spacial score (nSPS) is 10.0. The van der Waals surface area contributed by atoms with Crippen LogP contribution in [0, 0.1) is 6.92 Å². The van der Waals surface area contributed by atoms with E-state index in [-0.39, 0.29) is 37.3 Å². The second kappa shape index (κ2) is 10.9. The molecular formula is C18H24ClN3O2S. The average Bonchev–Trinajstić information content (AvgIpc) is 3.02. The fourth-order valence-corrected chi connectivity index (χ4v) is 3.22. The van der Waals surface area contributed by atoms with Gasteiger partial charge in [-0.3, -0.25) is 9.59 Å². The van der Waals surface area contributed by atoms with Crippen LogP contribution in [0.1, 0.15) is 15.3 Å². The number of amides is 2. The van der Waals surface area contributed by atoms with E-state index in [1.807, 2.05) is 43.3 Å². The Bertz CT molecular complexity index is 676. The van der Waals surface area contributed by atoms with Crippen LogP contribution in [0.2, 0.25) is 0 Å². The van der Waals surface area contributed by atoms with E-state index in [0.29, 0.717) is 13.1 Å². The van der Waals surface area contributed by atoms with Crippen molar-refractivity contribution in [2.24, 2.45) is 5.73 Å². The Labute approximate surface area is 158 Å². The van der Waals surface area contributed by atoms with Crippen molar-refractivity contribution in [3.8, 4) is 0 Å². The van der Waals surface area contributed by atoms with Crippen molar-refractivity contribution in [1.82, 2.24) is 10.2 Å². The van der Waals surface area contributed by atoms with Crippen molar-refractivity contribution in [3.05, 3.63) is 57.8 Å². The van der Waals surface area contributed by atoms with E-state index in [4.69, 9.17) is 5.73 Å². The Morgan fingerprint density at radius 2 is 1.88 bits per heavy atom. The second-order valence-corrected chi connectivity index (χ2v) is 6.92. The number of carbonyl (C=O) groups is 2. The lowest BCUT2D eigenvalue weighted by atomic mass is 10.1. The molecule has 0 atom stereocenters. The number of carbonyl (C=O) groups excluding carboxylic acids is 2. The highest BCUT2D eigenvalue weighted by molar-refractivity contribution is 7.11. The molecule has 3 N–H and O–H groups in total. The van der Waals surface area contributed by atoms with Crippen molar-refractivity contribution in [1.29, 1.82) is 0 Å². The molecule has 0 radical (unpaired) electrons. The Balaban J connectivity index is 0.00000312. The Kier molecular flexibility index (Phi) is 9.20. The van der Waals surface area contributed by atoms with Crippen LogP contribution in [0.25, 0.3) is 0 Å². The van der Waals surface area contributed by atoms with Crippen LogP contribution in [0.15, 0.2) is 42.5 Å². The lowest BCUT2D eigenvalue weighted by Crippen LogP contribution is -2.42. The fraction of sp³-hybridized carbons (Fsp3) is 0.333. The molecule has 0 unspecified atom stereocenters. The van der Waals surface area contributed by atoms with Gasteiger partial charge in [0.1, 0.15) is 0 Å². The first-order chi connectivity index (χ1) is 11.6. The zero-order valence-electron chi connectivity index (χ0n) is 14.2. The molecule has 2 rings (SSSR count). The maximum atomic E-state index is 12.5. The van der Waals surface area contributed by atoms with E-state index < -0.39 is 0 Å². The van der Waals surface area contributed by atoms with E-state index in [1.54, 1.807) is 16.2 Å². The van der Waals surface area contributed by atoms with Crippen LogP contribution in [0.3, 0.4) is 0 Å². The SMILES string of the molecule is Cc1ccc(CN(CCc2ccccc2)C(=O)CNC(=O)CN)s1.Cl. The molecule has 5 nitrogen and oxygen atoms in total. The standard InChI is InChI=1S/C18H23N3O2S.ClH/c1-14-7-8-16(24-14)13-21(18(23)12-20-17(22)11-19)10-9-15-5-3-2-4-6-15;/h2-8H,9-13,19H2,1H3,(H,20,22);1H. The van der Waals surface area contributed by atoms with Gasteiger partial charge in [0, 0.05) is 16.3 Å². The molecule has 25 heavy (non-hydrogen) atoms. The third-order valence-corrected chi connectivity index (χ3v) is 4.62. The predicted octanol–water partition coefficient (Wildman–Crippen LogP) is 2.12. The minimum Gasteiger partial charge on any atom is -0.346 e. The number of nitrogens with one attached hydrogen (secondary N) is 1. The number of halogens is 1. The molecule has 0 bridgehead atoms. The highest BCUT2D eigenvalue weighted by atomic mass is 35.5. The summed E-state index contributed by atoms with van der Waals surface area (Å²) in [6, 6.07) is 14.2. The van der Waals surface area contributed by atoms with Gasteiger partial charge in [0.2, 0.25) is 11.8 Å². The number of hydrogen-bond acceptors (Lipinski definition) is 4. The van der Waals surface area contributed by atoms with Gasteiger partial charge in [-0.1, -0.05) is 30.3 Å². The highest BCUT2D eigenvalue weighted by Gasteiger charge is 2.15. The van der Waals surface area contributed by atoms with Crippen LogP contribution in [0.5, 0.6) is 0 Å². The summed E-state index contributed by atoms with van der Waals surface area (Å²) >= 11 is 1.68. The van der Waals surface area contributed by atoms with Crippen molar-refractivity contribution in [3.63, 3.8) is 0 Å². The van der Waals surface area contributed by atoms with E-state index >= 15 is 0 Å². The first-order valence-electron chi connectivity index (χ1n) is 7.92. The van der Waals surface area contributed by atoms with Gasteiger partial charge < -0.3 is 16.0 Å². The summed E-state index contributed by atoms with van der Waals surface area (Å²) in [4.78, 5) is 27.9. The molecule has 0 fully saturated rings. The van der Waals surface area contributed by atoms with Crippen LogP contribution < -0.4 is 11.1 Å². The van der Waals surface area contributed by atoms with E-state index in [0.717, 1.165) is 11.3 Å². The second-order valence-electron chi connectivity index (χ2n) is 5.54. The van der Waals surface area contributed by atoms with Gasteiger partial charge in [0.05, 0.1) is 19.6 Å². The van der Waals surface area contributed by atoms with Crippen molar-refractivity contribution < 1.29 is 9.59 Å². The Morgan fingerprint density at radius 1 is 1.16 bits per heavy atom. The van der Waals surface area contributed by atoms with Crippen LogP contribution >= 0.6 is 23.7 Å². The lowest BCUT2D eigenvalue weighted by Gasteiger charge is -2.22. The summed E-state index contributed by atoms with van der Waals surface area (Å²) in [6.07, 6.45) is 0.780. The third-order valence-electron chi connectivity index (χ3n) is 3.63. The van der Waals surface area contributed by atoms with Gasteiger partial charge in [0.25, 0.3) is 0 Å². The van der Waals surface area contributed by atoms with Gasteiger partial charge in [0.15, 0.2) is 0 Å². The van der Waals surface area contributed by atoms with Gasteiger partial charge in [-0.05, 0) is 31.0 Å². The molecule has 2 aromatic rings. The smallest absolute Gasteiger partial charge is 0.242 e. The largest absolute Gasteiger partial charge is 0.346 e. The molecule has 1 heterocycles. The number of rotatable bonds is 8. The molecule has 0 spiro atoms. The molecule has 0 saturated heterocycles. The summed E-state index contributed by atoms with van der Waals surface area (Å²) in [5.41, 5.74) is 6.44. The molecular weight excluding hydrogens is 358 g/mol. The van der Waals surface area contributed by atoms with Gasteiger partial charge in [-0.2, -0.15) is 0 Å². The summed E-state index contributed by atoms with van der Waals surface area (Å²) in [7, 11) is 0. The zero-order valence-corrected chi connectivity index (χ0v) is 15.9. The van der Waals surface area contributed by atoms with Gasteiger partial charge >= 0.3 is 0 Å². The molecule has 1 aromatic heterocycles. The number of nitrogens with zero attached hydrogens (tertiary/aromatic N) is 1.